The Morgan fingerprint density at radius 1 is 1.64 bits per heavy atom. The van der Waals surface area contributed by atoms with Crippen molar-refractivity contribution in [3.8, 4) is 0 Å². The number of aliphatic hydroxyl groups excluding tert-OH is 2. The Balaban J connectivity index is 0. The summed E-state index contributed by atoms with van der Waals surface area (Å²) < 4.78 is 0. The van der Waals surface area contributed by atoms with Gasteiger partial charge in [0.1, 0.15) is 0 Å². The quantitative estimate of drug-likeness (QED) is 0.436. The Morgan fingerprint density at radius 3 is 2.45 bits per heavy atom. The van der Waals surface area contributed by atoms with Gasteiger partial charge in [0.25, 0.3) is 0 Å². The van der Waals surface area contributed by atoms with Crippen molar-refractivity contribution in [1.29, 1.82) is 0 Å². The van der Waals surface area contributed by atoms with Crippen LogP contribution >= 0.6 is 0 Å². The van der Waals surface area contributed by atoms with E-state index in [1.165, 1.54) is 6.41 Å². The Morgan fingerprint density at radius 2 is 2.18 bits per heavy atom. The fourth-order valence-corrected chi connectivity index (χ4v) is 0.673. The molecule has 1 amide bonds. The van der Waals surface area contributed by atoms with E-state index >= 15 is 0 Å². The van der Waals surface area contributed by atoms with Gasteiger partial charge in [-0.25, -0.2) is 0 Å². The predicted octanol–water partition coefficient (Wildman–Crippen LogP) is -1.23. The Kier molecular flexibility index (Phi) is 10.1. The van der Waals surface area contributed by atoms with Gasteiger partial charge in [-0.05, 0) is 6.42 Å². The van der Waals surface area contributed by atoms with Gasteiger partial charge in [-0.1, -0.05) is 6.92 Å². The van der Waals surface area contributed by atoms with Crippen LogP contribution in [0.3, 0.4) is 0 Å². The molecule has 0 spiro atoms. The Hall–Kier alpha value is 0.0523. The van der Waals surface area contributed by atoms with Crippen molar-refractivity contribution in [3.63, 3.8) is 0 Å². The van der Waals surface area contributed by atoms with Crippen LogP contribution in [0.25, 0.3) is 0 Å². The van der Waals surface area contributed by atoms with Crippen molar-refractivity contribution in [2.24, 2.45) is 0 Å². The molecular weight excluding hydrogens is 320 g/mol. The molecule has 0 aliphatic carbocycles. The van der Waals surface area contributed by atoms with Crippen LogP contribution in [0.1, 0.15) is 13.3 Å². The maximum atomic E-state index is 9.77. The largest absolute Gasteiger partial charge is 0.525 e. The molecule has 4 nitrogen and oxygen atoms in total. The van der Waals surface area contributed by atoms with Crippen molar-refractivity contribution in [1.82, 2.24) is 5.32 Å². The number of rotatable bonds is 5. The van der Waals surface area contributed by atoms with Crippen molar-refractivity contribution in [2.45, 2.75) is 25.5 Å². The number of aliphatic hydroxyl groups is 2. The maximum Gasteiger partial charge on any atom is 0.0946 e. The summed E-state index contributed by atoms with van der Waals surface area (Å²) in [6, 6.07) is -0.387. The second-order valence-corrected chi connectivity index (χ2v) is 2.01. The molecule has 3 N–H and O–H groups in total. The average Bonchev–Trinajstić information content (AvgIpc) is 1.99. The van der Waals surface area contributed by atoms with Crippen molar-refractivity contribution < 1.29 is 35.4 Å². The molecule has 0 saturated heterocycles. The zero-order valence-electron chi connectivity index (χ0n) is 6.25. The van der Waals surface area contributed by atoms with Crippen LogP contribution in [0.15, 0.2) is 0 Å². The molecular formula is C6H12NO3Re-. The molecule has 1 radical (unpaired) electrons. The molecule has 0 aromatic heterocycles. The van der Waals surface area contributed by atoms with Gasteiger partial charge in [-0.2, -0.15) is 6.41 Å². The maximum absolute atomic E-state index is 9.77. The summed E-state index contributed by atoms with van der Waals surface area (Å²) >= 11 is 0. The molecule has 11 heavy (non-hydrogen) atoms. The zero-order chi connectivity index (χ0) is 7.98. The second-order valence-electron chi connectivity index (χ2n) is 2.01. The van der Waals surface area contributed by atoms with Gasteiger partial charge in [-0.3, -0.25) is 0 Å². The molecule has 5 heteroatoms. The van der Waals surface area contributed by atoms with Crippen LogP contribution in [0, 0.1) is 0 Å². The van der Waals surface area contributed by atoms with Crippen molar-refractivity contribution in [3.05, 3.63) is 0 Å². The van der Waals surface area contributed by atoms with Crippen molar-refractivity contribution >= 4 is 6.41 Å². The topological polar surface area (TPSA) is 69.6 Å². The summed E-state index contributed by atoms with van der Waals surface area (Å²) in [7, 11) is 0. The number of carbonyl (C=O) groups excluding carboxylic acids is 1. The van der Waals surface area contributed by atoms with E-state index in [2.05, 4.69) is 5.32 Å². The molecule has 0 fully saturated rings. The van der Waals surface area contributed by atoms with Crippen molar-refractivity contribution in [2.75, 3.05) is 6.61 Å². The second kappa shape index (κ2) is 8.15. The average molecular weight is 332 g/mol. The van der Waals surface area contributed by atoms with E-state index in [9.17, 15) is 4.79 Å². The van der Waals surface area contributed by atoms with Crippen LogP contribution in [-0.4, -0.2) is 35.4 Å². The van der Waals surface area contributed by atoms with E-state index in [1.807, 2.05) is 0 Å². The summed E-state index contributed by atoms with van der Waals surface area (Å²) in [6.45, 7) is 1.46. The number of amides is 1. The fourth-order valence-electron chi connectivity index (χ4n) is 0.673. The first-order chi connectivity index (χ1) is 4.76. The van der Waals surface area contributed by atoms with Gasteiger partial charge in [0.15, 0.2) is 0 Å². The summed E-state index contributed by atoms with van der Waals surface area (Å²) in [6.07, 6.45) is 1.16. The summed E-state index contributed by atoms with van der Waals surface area (Å²) in [4.78, 5) is 9.77. The smallest absolute Gasteiger partial charge is 0.0946 e. The minimum Gasteiger partial charge on any atom is -0.525 e. The summed E-state index contributed by atoms with van der Waals surface area (Å²) in [5.74, 6) is 0. The first-order valence-electron chi connectivity index (χ1n) is 3.17. The number of hydrogen-bond donors (Lipinski definition) is 3. The minimum absolute atomic E-state index is 0. The third-order valence-electron chi connectivity index (χ3n) is 1.34. The molecule has 0 aromatic rings. The van der Waals surface area contributed by atoms with Gasteiger partial charge in [0.05, 0.1) is 12.7 Å². The van der Waals surface area contributed by atoms with Gasteiger partial charge in [-0.15, -0.1) is 0 Å². The fraction of sp³-hybridized carbons (Fsp3) is 0.833. The van der Waals surface area contributed by atoms with Crippen LogP contribution in [-0.2, 0) is 25.2 Å². The van der Waals surface area contributed by atoms with Gasteiger partial charge >= 0.3 is 0 Å². The summed E-state index contributed by atoms with van der Waals surface area (Å²) in [5, 5.41) is 19.7. The molecule has 0 rings (SSSR count). The first-order valence-corrected chi connectivity index (χ1v) is 3.17. The predicted molar refractivity (Wildman–Crippen MR) is 36.0 cm³/mol. The van der Waals surface area contributed by atoms with E-state index < -0.39 is 6.10 Å². The molecule has 0 bridgehead atoms. The Labute approximate surface area is 79.6 Å². The Bertz CT molecular complexity index is 102. The molecule has 0 aliphatic heterocycles. The molecule has 0 heterocycles. The number of hydrogen-bond acceptors (Lipinski definition) is 3. The van der Waals surface area contributed by atoms with Crippen LogP contribution < -0.4 is 5.32 Å². The minimum atomic E-state index is -0.883. The molecule has 2 atom stereocenters. The van der Waals surface area contributed by atoms with E-state index in [0.29, 0.717) is 6.42 Å². The van der Waals surface area contributed by atoms with Gasteiger partial charge < -0.3 is 20.3 Å². The van der Waals surface area contributed by atoms with E-state index in [0.717, 1.165) is 0 Å². The zero-order valence-corrected chi connectivity index (χ0v) is 8.97. The van der Waals surface area contributed by atoms with Crippen LogP contribution in [0.4, 0.5) is 0 Å². The molecule has 67 valence electrons. The third-order valence-corrected chi connectivity index (χ3v) is 1.34. The number of nitrogens with one attached hydrogen (secondary N) is 1. The summed E-state index contributed by atoms with van der Waals surface area (Å²) in [5.41, 5.74) is 0. The van der Waals surface area contributed by atoms with Crippen LogP contribution in [0.5, 0.6) is 0 Å². The van der Waals surface area contributed by atoms with Crippen LogP contribution in [0.2, 0.25) is 0 Å². The monoisotopic (exact) mass is 333 g/mol. The SMILES string of the molecule is CCC(N[C-]=O)C(O)CO.[Re]. The molecule has 0 aromatic carbocycles. The van der Waals surface area contributed by atoms with Gasteiger partial charge in [0, 0.05) is 26.5 Å². The normalized spacial score (nSPS) is 14.5. The van der Waals surface area contributed by atoms with E-state index in [-0.39, 0.29) is 33.1 Å². The van der Waals surface area contributed by atoms with E-state index in [4.69, 9.17) is 10.2 Å². The van der Waals surface area contributed by atoms with Gasteiger partial charge in [0.2, 0.25) is 0 Å². The molecule has 0 aliphatic rings. The standard InChI is InChI=1S/C6H12NO3.Re/c1-2-5(7-4-9)6(10)3-8;/h5-6,8,10H,2-3H2,1H3,(H,7,9);/q-1;. The first kappa shape index (κ1) is 13.6. The molecule has 0 saturated carbocycles. The molecule has 2 unspecified atom stereocenters. The third kappa shape index (κ3) is 5.34. The van der Waals surface area contributed by atoms with E-state index in [1.54, 1.807) is 6.92 Å².